The van der Waals surface area contributed by atoms with Crippen LogP contribution in [0.25, 0.3) is 16.5 Å². The highest BCUT2D eigenvalue weighted by molar-refractivity contribution is 5.90. The fourth-order valence-corrected chi connectivity index (χ4v) is 3.49. The van der Waals surface area contributed by atoms with E-state index in [4.69, 9.17) is 15.2 Å². The highest BCUT2D eigenvalue weighted by Gasteiger charge is 2.19. The van der Waals surface area contributed by atoms with Crippen molar-refractivity contribution in [3.05, 3.63) is 92.5 Å². The molecule has 2 N–H and O–H groups in total. The molecule has 0 radical (unpaired) electrons. The van der Waals surface area contributed by atoms with Crippen molar-refractivity contribution < 1.29 is 18.7 Å². The molecule has 34 heavy (non-hydrogen) atoms. The molecule has 4 rings (SSSR count). The summed E-state index contributed by atoms with van der Waals surface area (Å²) in [5, 5.41) is 11.2. The van der Waals surface area contributed by atoms with Gasteiger partial charge in [-0.15, -0.1) is 0 Å². The number of nitrogens with zero attached hydrogens (tertiary/aromatic N) is 3. The summed E-state index contributed by atoms with van der Waals surface area (Å²) in [6.45, 7) is 0. The maximum atomic E-state index is 14.9. The lowest BCUT2D eigenvalue weighted by Gasteiger charge is -2.14. The normalized spacial score (nSPS) is 10.6. The molecule has 0 aliphatic carbocycles. The Morgan fingerprint density at radius 1 is 1.03 bits per heavy atom. The van der Waals surface area contributed by atoms with E-state index in [1.54, 1.807) is 31.4 Å². The van der Waals surface area contributed by atoms with Gasteiger partial charge in [-0.05, 0) is 41.1 Å². The zero-order chi connectivity index (χ0) is 24.6. The number of carbonyl (C=O) groups excluding carboxylic acids is 1. The maximum Gasteiger partial charge on any atom is 0.336 e. The van der Waals surface area contributed by atoms with Crippen LogP contribution in [0.5, 0.6) is 17.2 Å². The van der Waals surface area contributed by atoms with E-state index in [2.05, 4.69) is 0 Å². The molecule has 0 atom stereocenters. The highest BCUT2D eigenvalue weighted by Crippen LogP contribution is 2.31. The number of methoxy groups -OCH3 is 1. The number of hydrogen-bond donors (Lipinski definition) is 1. The van der Waals surface area contributed by atoms with Crippen molar-refractivity contribution >= 4 is 16.7 Å². The van der Waals surface area contributed by atoms with Gasteiger partial charge in [0, 0.05) is 19.2 Å². The Morgan fingerprint density at radius 3 is 2.29 bits per heavy atom. The van der Waals surface area contributed by atoms with Gasteiger partial charge < -0.3 is 15.2 Å². The third-order valence-electron chi connectivity index (χ3n) is 5.23. The number of amides is 1. The molecule has 0 saturated heterocycles. The molecule has 4 aromatic rings. The molecule has 1 heterocycles. The summed E-state index contributed by atoms with van der Waals surface area (Å²) in [6, 6.07) is 15.2. The van der Waals surface area contributed by atoms with Gasteiger partial charge in [0.05, 0.1) is 18.4 Å². The summed E-state index contributed by atoms with van der Waals surface area (Å²) in [4.78, 5) is 36.8. The van der Waals surface area contributed by atoms with Crippen molar-refractivity contribution in [3.8, 4) is 29.0 Å². The predicted octanol–water partition coefficient (Wildman–Crippen LogP) is 2.60. The van der Waals surface area contributed by atoms with Crippen LogP contribution in [0.3, 0.4) is 0 Å². The first kappa shape index (κ1) is 22.3. The number of carbonyl (C=O) groups is 1. The summed E-state index contributed by atoms with van der Waals surface area (Å²) in [7, 11) is 2.79. The van der Waals surface area contributed by atoms with Crippen LogP contribution in [-0.4, -0.2) is 22.2 Å². The highest BCUT2D eigenvalue weighted by atomic mass is 19.1. The molecule has 0 saturated carbocycles. The lowest BCUT2D eigenvalue weighted by Crippen LogP contribution is -2.41. The summed E-state index contributed by atoms with van der Waals surface area (Å²) >= 11 is 0. The molecule has 0 bridgehead atoms. The molecule has 10 heteroatoms. The third kappa shape index (κ3) is 3.86. The van der Waals surface area contributed by atoms with E-state index in [0.29, 0.717) is 16.1 Å². The van der Waals surface area contributed by atoms with Gasteiger partial charge >= 0.3 is 5.69 Å². The van der Waals surface area contributed by atoms with Gasteiger partial charge in [-0.25, -0.2) is 13.8 Å². The Bertz CT molecular complexity index is 1630. The molecule has 0 aliphatic rings. The van der Waals surface area contributed by atoms with Crippen LogP contribution in [0.15, 0.2) is 64.2 Å². The Kier molecular flexibility index (Phi) is 5.61. The molecule has 170 valence electrons. The number of nitrogens with two attached hydrogens (primary N) is 1. The van der Waals surface area contributed by atoms with Crippen LogP contribution in [0, 0.1) is 17.1 Å². The van der Waals surface area contributed by atoms with Gasteiger partial charge in [-0.3, -0.25) is 14.2 Å². The molecular formula is C24H17FN4O5. The summed E-state index contributed by atoms with van der Waals surface area (Å²) in [5.74, 6) is -1.02. The Balaban J connectivity index is 1.84. The van der Waals surface area contributed by atoms with E-state index in [1.807, 2.05) is 18.2 Å². The van der Waals surface area contributed by atoms with E-state index in [9.17, 15) is 24.0 Å². The van der Waals surface area contributed by atoms with Crippen molar-refractivity contribution in [3.63, 3.8) is 0 Å². The van der Waals surface area contributed by atoms with Gasteiger partial charge in [0.2, 0.25) is 0 Å². The van der Waals surface area contributed by atoms with Crippen molar-refractivity contribution in [2.75, 3.05) is 7.11 Å². The smallest absolute Gasteiger partial charge is 0.336 e. The van der Waals surface area contributed by atoms with Gasteiger partial charge in [0.15, 0.2) is 0 Å². The van der Waals surface area contributed by atoms with Crippen molar-refractivity contribution in [2.24, 2.45) is 12.8 Å². The monoisotopic (exact) mass is 460 g/mol. The minimum atomic E-state index is -1.000. The summed E-state index contributed by atoms with van der Waals surface area (Å²) in [5.41, 5.74) is 2.32. The molecule has 0 spiro atoms. The zero-order valence-electron chi connectivity index (χ0n) is 18.0. The first-order chi connectivity index (χ1) is 16.2. The summed E-state index contributed by atoms with van der Waals surface area (Å²) in [6.07, 6.45) is 0. The first-order valence-electron chi connectivity index (χ1n) is 9.86. The maximum absolute atomic E-state index is 14.9. The number of fused-ring (bicyclic) bond motifs is 1. The minimum absolute atomic E-state index is 0.0697. The van der Waals surface area contributed by atoms with Gasteiger partial charge in [-0.2, -0.15) is 5.26 Å². The standard InChI is InChI=1S/C24H17FN4O5/c1-28-20(23(27)31)11-22(30)29(24(28)32)19-10-21(15(12-26)9-18(19)25)34-17-6-4-13-7-16(33-2)5-3-14(13)8-17/h3-11H,1-2H3,(H2,27,31). The van der Waals surface area contributed by atoms with E-state index < -0.39 is 28.7 Å². The SMILES string of the molecule is COc1ccc2cc(Oc3cc(-n4c(=O)cc(C(N)=O)n(C)c4=O)c(F)cc3C#N)ccc2c1. The van der Waals surface area contributed by atoms with Crippen molar-refractivity contribution in [1.82, 2.24) is 9.13 Å². The van der Waals surface area contributed by atoms with Crippen LogP contribution in [0.1, 0.15) is 16.1 Å². The van der Waals surface area contributed by atoms with Crippen molar-refractivity contribution in [2.45, 2.75) is 0 Å². The number of aromatic nitrogens is 2. The molecule has 1 amide bonds. The number of primary amides is 1. The largest absolute Gasteiger partial charge is 0.497 e. The second-order valence-corrected chi connectivity index (χ2v) is 7.30. The average molecular weight is 460 g/mol. The molecule has 0 unspecified atom stereocenters. The fraction of sp³-hybridized carbons (Fsp3) is 0.0833. The number of halogens is 1. The van der Waals surface area contributed by atoms with Crippen LogP contribution < -0.4 is 26.5 Å². The van der Waals surface area contributed by atoms with Crippen molar-refractivity contribution in [1.29, 1.82) is 5.26 Å². The first-order valence-corrected chi connectivity index (χ1v) is 9.86. The summed E-state index contributed by atoms with van der Waals surface area (Å²) < 4.78 is 27.3. The Labute approximate surface area is 191 Å². The molecule has 9 nitrogen and oxygen atoms in total. The van der Waals surface area contributed by atoms with Gasteiger partial charge in [-0.1, -0.05) is 12.1 Å². The lowest BCUT2D eigenvalue weighted by atomic mass is 10.1. The predicted molar refractivity (Wildman–Crippen MR) is 121 cm³/mol. The van der Waals surface area contributed by atoms with E-state index in [1.165, 1.54) is 7.05 Å². The van der Waals surface area contributed by atoms with Crippen LogP contribution in [0.4, 0.5) is 4.39 Å². The average Bonchev–Trinajstić information content (AvgIpc) is 2.82. The van der Waals surface area contributed by atoms with Gasteiger partial charge in [0.25, 0.3) is 11.5 Å². The Morgan fingerprint density at radius 2 is 1.68 bits per heavy atom. The Hall–Kier alpha value is -4.91. The van der Waals surface area contributed by atoms with E-state index in [0.717, 1.165) is 33.5 Å². The fourth-order valence-electron chi connectivity index (χ4n) is 3.49. The van der Waals surface area contributed by atoms with E-state index >= 15 is 0 Å². The molecular weight excluding hydrogens is 443 g/mol. The molecule has 0 fully saturated rings. The molecule has 3 aromatic carbocycles. The molecule has 1 aromatic heterocycles. The second-order valence-electron chi connectivity index (χ2n) is 7.30. The van der Waals surface area contributed by atoms with Crippen LogP contribution in [-0.2, 0) is 7.05 Å². The zero-order valence-corrected chi connectivity index (χ0v) is 18.0. The quantitative estimate of drug-likeness (QED) is 0.487. The molecule has 0 aliphatic heterocycles. The van der Waals surface area contributed by atoms with Gasteiger partial charge in [0.1, 0.15) is 34.8 Å². The number of hydrogen-bond acceptors (Lipinski definition) is 6. The second kappa shape index (κ2) is 8.55. The van der Waals surface area contributed by atoms with Crippen LogP contribution >= 0.6 is 0 Å². The number of rotatable bonds is 5. The topological polar surface area (TPSA) is 129 Å². The van der Waals surface area contributed by atoms with E-state index in [-0.39, 0.29) is 17.0 Å². The lowest BCUT2D eigenvalue weighted by molar-refractivity contribution is 0.0990. The third-order valence-corrected chi connectivity index (χ3v) is 5.23. The number of benzene rings is 3. The minimum Gasteiger partial charge on any atom is -0.497 e. The number of nitriles is 1. The van der Waals surface area contributed by atoms with Crippen LogP contribution in [0.2, 0.25) is 0 Å². The number of ether oxygens (including phenoxy) is 2.